The average molecular weight is 294 g/mol. The number of ether oxygens (including phenoxy) is 1. The molecule has 1 aliphatic carbocycles. The summed E-state index contributed by atoms with van der Waals surface area (Å²) in [5.74, 6) is 0.0966. The number of carbonyl (C=O) groups excluding carboxylic acids is 1. The molecular formula is C18H18N2O2. The molecule has 1 aliphatic heterocycles. The van der Waals surface area contributed by atoms with E-state index in [1.54, 1.807) is 6.20 Å². The average Bonchev–Trinajstić information content (AvgIpc) is 2.99. The van der Waals surface area contributed by atoms with Gasteiger partial charge in [-0.3, -0.25) is 9.78 Å². The van der Waals surface area contributed by atoms with Crippen molar-refractivity contribution in [2.75, 3.05) is 11.9 Å². The zero-order chi connectivity index (χ0) is 14.9. The fourth-order valence-corrected chi connectivity index (χ4v) is 3.30. The van der Waals surface area contributed by atoms with Crippen LogP contribution in [0.2, 0.25) is 0 Å². The minimum atomic E-state index is 0.0182. The van der Waals surface area contributed by atoms with E-state index in [2.05, 4.69) is 22.4 Å². The number of carbonyl (C=O) groups is 1. The van der Waals surface area contributed by atoms with Crippen LogP contribution in [0.15, 0.2) is 36.5 Å². The van der Waals surface area contributed by atoms with Gasteiger partial charge in [-0.2, -0.15) is 0 Å². The summed E-state index contributed by atoms with van der Waals surface area (Å²) < 4.78 is 5.45. The molecule has 0 bridgehead atoms. The van der Waals surface area contributed by atoms with Crippen molar-refractivity contribution in [1.29, 1.82) is 0 Å². The quantitative estimate of drug-likeness (QED) is 0.926. The van der Waals surface area contributed by atoms with Gasteiger partial charge in [0.05, 0.1) is 25.1 Å². The molecule has 0 radical (unpaired) electrons. The van der Waals surface area contributed by atoms with E-state index in [1.165, 1.54) is 11.1 Å². The number of amides is 1. The Morgan fingerprint density at radius 1 is 1.18 bits per heavy atom. The standard InChI is InChI=1S/C18H18N2O2/c21-18(14-7-12-3-1-2-4-13(12)8-14)20-16-9-15-11-22-6-5-17(15)19-10-16/h1-4,9-10,14H,5-8,11H2,(H,20,21). The highest BCUT2D eigenvalue weighted by Gasteiger charge is 2.27. The Morgan fingerprint density at radius 3 is 2.73 bits per heavy atom. The molecule has 112 valence electrons. The van der Waals surface area contributed by atoms with Gasteiger partial charge in [0.1, 0.15) is 0 Å². The molecule has 2 heterocycles. The zero-order valence-electron chi connectivity index (χ0n) is 12.3. The highest BCUT2D eigenvalue weighted by molar-refractivity contribution is 5.93. The van der Waals surface area contributed by atoms with E-state index in [0.29, 0.717) is 6.61 Å². The van der Waals surface area contributed by atoms with Gasteiger partial charge in [0.2, 0.25) is 5.91 Å². The van der Waals surface area contributed by atoms with Crippen LogP contribution in [0.25, 0.3) is 0 Å². The molecule has 22 heavy (non-hydrogen) atoms. The van der Waals surface area contributed by atoms with E-state index in [9.17, 15) is 4.79 Å². The molecule has 0 unspecified atom stereocenters. The second-order valence-corrected chi connectivity index (χ2v) is 6.00. The first-order valence-electron chi connectivity index (χ1n) is 7.73. The van der Waals surface area contributed by atoms with E-state index >= 15 is 0 Å². The second kappa shape index (κ2) is 5.54. The number of rotatable bonds is 2. The molecule has 0 spiro atoms. The molecule has 1 aromatic carbocycles. The van der Waals surface area contributed by atoms with Crippen molar-refractivity contribution >= 4 is 11.6 Å². The molecule has 1 aromatic heterocycles. The smallest absolute Gasteiger partial charge is 0.228 e. The number of fused-ring (bicyclic) bond motifs is 2. The minimum Gasteiger partial charge on any atom is -0.376 e. The van der Waals surface area contributed by atoms with E-state index in [-0.39, 0.29) is 11.8 Å². The van der Waals surface area contributed by atoms with Crippen LogP contribution >= 0.6 is 0 Å². The lowest BCUT2D eigenvalue weighted by Crippen LogP contribution is -2.23. The Balaban J connectivity index is 1.47. The number of aromatic nitrogens is 1. The van der Waals surface area contributed by atoms with Crippen LogP contribution in [0.3, 0.4) is 0 Å². The Morgan fingerprint density at radius 2 is 1.95 bits per heavy atom. The number of hydrogen-bond donors (Lipinski definition) is 1. The Bertz CT molecular complexity index is 702. The second-order valence-electron chi connectivity index (χ2n) is 6.00. The molecule has 1 N–H and O–H groups in total. The van der Waals surface area contributed by atoms with Gasteiger partial charge in [0.15, 0.2) is 0 Å². The summed E-state index contributed by atoms with van der Waals surface area (Å²) in [6, 6.07) is 10.3. The molecule has 4 rings (SSSR count). The van der Waals surface area contributed by atoms with E-state index < -0.39 is 0 Å². The van der Waals surface area contributed by atoms with Gasteiger partial charge >= 0.3 is 0 Å². The highest BCUT2D eigenvalue weighted by Crippen LogP contribution is 2.27. The van der Waals surface area contributed by atoms with Crippen LogP contribution in [-0.2, 0) is 35.4 Å². The normalized spacial score (nSPS) is 16.9. The Hall–Kier alpha value is -2.20. The van der Waals surface area contributed by atoms with Crippen molar-refractivity contribution in [2.45, 2.75) is 25.9 Å². The summed E-state index contributed by atoms with van der Waals surface area (Å²) >= 11 is 0. The van der Waals surface area contributed by atoms with Crippen molar-refractivity contribution in [2.24, 2.45) is 5.92 Å². The lowest BCUT2D eigenvalue weighted by Gasteiger charge is -2.17. The van der Waals surface area contributed by atoms with Crippen LogP contribution in [0.4, 0.5) is 5.69 Å². The lowest BCUT2D eigenvalue weighted by molar-refractivity contribution is -0.119. The van der Waals surface area contributed by atoms with Gasteiger partial charge in [-0.1, -0.05) is 24.3 Å². The van der Waals surface area contributed by atoms with Crippen molar-refractivity contribution < 1.29 is 9.53 Å². The summed E-state index contributed by atoms with van der Waals surface area (Å²) in [5.41, 5.74) is 5.51. The first-order chi connectivity index (χ1) is 10.8. The molecule has 2 aromatic rings. The molecule has 0 saturated carbocycles. The highest BCUT2D eigenvalue weighted by atomic mass is 16.5. The lowest BCUT2D eigenvalue weighted by atomic mass is 10.1. The maximum absolute atomic E-state index is 12.5. The number of nitrogens with one attached hydrogen (secondary N) is 1. The van der Waals surface area contributed by atoms with E-state index in [4.69, 9.17) is 4.74 Å². The van der Waals surface area contributed by atoms with Gasteiger partial charge in [-0.15, -0.1) is 0 Å². The van der Waals surface area contributed by atoms with Crippen molar-refractivity contribution in [1.82, 2.24) is 4.98 Å². The van der Waals surface area contributed by atoms with E-state index in [0.717, 1.165) is 42.8 Å². The van der Waals surface area contributed by atoms with Gasteiger partial charge in [-0.25, -0.2) is 0 Å². The Kier molecular flexibility index (Phi) is 3.39. The molecule has 0 saturated heterocycles. The van der Waals surface area contributed by atoms with Crippen LogP contribution in [0, 0.1) is 5.92 Å². The third-order valence-electron chi connectivity index (χ3n) is 4.49. The molecular weight excluding hydrogens is 276 g/mol. The third kappa shape index (κ3) is 2.50. The van der Waals surface area contributed by atoms with Crippen LogP contribution in [-0.4, -0.2) is 17.5 Å². The molecule has 4 nitrogen and oxygen atoms in total. The summed E-state index contributed by atoms with van der Waals surface area (Å²) in [6.07, 6.45) is 4.25. The van der Waals surface area contributed by atoms with Crippen molar-refractivity contribution in [3.05, 3.63) is 58.9 Å². The number of nitrogens with zero attached hydrogens (tertiary/aromatic N) is 1. The van der Waals surface area contributed by atoms with Crippen LogP contribution in [0.1, 0.15) is 22.4 Å². The molecule has 4 heteroatoms. The van der Waals surface area contributed by atoms with Crippen LogP contribution in [0.5, 0.6) is 0 Å². The van der Waals surface area contributed by atoms with Gasteiger partial charge < -0.3 is 10.1 Å². The number of pyridine rings is 1. The first kappa shape index (κ1) is 13.5. The van der Waals surface area contributed by atoms with Crippen LogP contribution < -0.4 is 5.32 Å². The summed E-state index contributed by atoms with van der Waals surface area (Å²) in [5, 5.41) is 3.01. The molecule has 2 aliphatic rings. The molecule has 1 amide bonds. The largest absolute Gasteiger partial charge is 0.376 e. The Labute approximate surface area is 129 Å². The number of anilines is 1. The predicted octanol–water partition coefficient (Wildman–Crippen LogP) is 2.51. The monoisotopic (exact) mass is 294 g/mol. The molecule has 0 fully saturated rings. The maximum atomic E-state index is 12.5. The van der Waals surface area contributed by atoms with Crippen molar-refractivity contribution in [3.63, 3.8) is 0 Å². The predicted molar refractivity (Wildman–Crippen MR) is 83.6 cm³/mol. The summed E-state index contributed by atoms with van der Waals surface area (Å²) in [4.78, 5) is 16.9. The SMILES string of the molecule is O=C(Nc1cnc2c(c1)COCC2)C1Cc2ccccc2C1. The number of benzene rings is 1. The van der Waals surface area contributed by atoms with Gasteiger partial charge in [0.25, 0.3) is 0 Å². The molecule has 0 atom stereocenters. The first-order valence-corrected chi connectivity index (χ1v) is 7.73. The fourth-order valence-electron chi connectivity index (χ4n) is 3.30. The van der Waals surface area contributed by atoms with Crippen molar-refractivity contribution in [3.8, 4) is 0 Å². The number of hydrogen-bond acceptors (Lipinski definition) is 3. The minimum absolute atomic E-state index is 0.0182. The summed E-state index contributed by atoms with van der Waals surface area (Å²) in [7, 11) is 0. The topological polar surface area (TPSA) is 51.2 Å². The zero-order valence-corrected chi connectivity index (χ0v) is 12.3. The third-order valence-corrected chi connectivity index (χ3v) is 4.49. The van der Waals surface area contributed by atoms with E-state index in [1.807, 2.05) is 18.2 Å². The summed E-state index contributed by atoms with van der Waals surface area (Å²) in [6.45, 7) is 1.31. The van der Waals surface area contributed by atoms with Gasteiger partial charge in [0, 0.05) is 23.6 Å². The fraction of sp³-hybridized carbons (Fsp3) is 0.333. The van der Waals surface area contributed by atoms with Gasteiger partial charge in [-0.05, 0) is 30.0 Å². The maximum Gasteiger partial charge on any atom is 0.228 e.